The molecule has 1 aromatic carbocycles. The molecular weight excluding hydrogens is 160 g/mol. The lowest BCUT2D eigenvalue weighted by Gasteiger charge is -2.11. The lowest BCUT2D eigenvalue weighted by Crippen LogP contribution is -2.09. The van der Waals surface area contributed by atoms with Gasteiger partial charge in [-0.15, -0.1) is 6.58 Å². The summed E-state index contributed by atoms with van der Waals surface area (Å²) in [6.07, 6.45) is 2.62. The van der Waals surface area contributed by atoms with Crippen molar-refractivity contribution in [3.05, 3.63) is 42.0 Å². The van der Waals surface area contributed by atoms with Crippen molar-refractivity contribution >= 4 is 5.69 Å². The molecule has 0 fully saturated rings. The van der Waals surface area contributed by atoms with Crippen LogP contribution in [0.4, 0.5) is 5.69 Å². The maximum atomic E-state index is 5.91. The predicted octanol–water partition coefficient (Wildman–Crippen LogP) is 2.15. The molecule has 0 saturated heterocycles. The van der Waals surface area contributed by atoms with Crippen LogP contribution in [0, 0.1) is 6.92 Å². The van der Waals surface area contributed by atoms with Crippen LogP contribution in [-0.4, -0.2) is 0 Å². The number of benzene rings is 1. The number of hydrogen-bond acceptors (Lipinski definition) is 2. The van der Waals surface area contributed by atoms with Gasteiger partial charge in [-0.25, -0.2) is 0 Å². The van der Waals surface area contributed by atoms with Crippen LogP contribution in [0.15, 0.2) is 30.9 Å². The fraction of sp³-hybridized carbons (Fsp3) is 0.273. The number of hydrogen-bond donors (Lipinski definition) is 2. The molecule has 0 bridgehead atoms. The van der Waals surface area contributed by atoms with E-state index >= 15 is 0 Å². The van der Waals surface area contributed by atoms with Crippen molar-refractivity contribution < 1.29 is 0 Å². The molecule has 0 aliphatic rings. The van der Waals surface area contributed by atoms with E-state index in [9.17, 15) is 0 Å². The van der Waals surface area contributed by atoms with Crippen molar-refractivity contribution in [1.29, 1.82) is 0 Å². The molecule has 0 aliphatic carbocycles. The van der Waals surface area contributed by atoms with Gasteiger partial charge in [-0.3, -0.25) is 0 Å². The average Bonchev–Trinajstić information content (AvgIpc) is 2.10. The van der Waals surface area contributed by atoms with Gasteiger partial charge in [-0.1, -0.05) is 18.2 Å². The van der Waals surface area contributed by atoms with Gasteiger partial charge in [0.2, 0.25) is 0 Å². The number of nitrogens with two attached hydrogens (primary N) is 2. The summed E-state index contributed by atoms with van der Waals surface area (Å²) in [7, 11) is 0. The highest BCUT2D eigenvalue weighted by molar-refractivity contribution is 5.48. The largest absolute Gasteiger partial charge is 0.399 e. The van der Waals surface area contributed by atoms with Crippen LogP contribution >= 0.6 is 0 Å². The third-order valence-electron chi connectivity index (χ3n) is 2.14. The van der Waals surface area contributed by atoms with E-state index in [0.717, 1.165) is 23.2 Å². The zero-order valence-corrected chi connectivity index (χ0v) is 7.96. The molecule has 0 spiro atoms. The van der Waals surface area contributed by atoms with Crippen molar-refractivity contribution in [3.63, 3.8) is 0 Å². The molecule has 0 radical (unpaired) electrons. The molecule has 2 heteroatoms. The molecule has 1 aromatic rings. The van der Waals surface area contributed by atoms with Crippen LogP contribution in [-0.2, 0) is 0 Å². The number of nitrogen functional groups attached to an aromatic ring is 1. The van der Waals surface area contributed by atoms with Gasteiger partial charge < -0.3 is 11.5 Å². The first kappa shape index (κ1) is 9.81. The van der Waals surface area contributed by atoms with E-state index in [1.165, 1.54) is 0 Å². The summed E-state index contributed by atoms with van der Waals surface area (Å²) in [5, 5.41) is 0. The van der Waals surface area contributed by atoms with Gasteiger partial charge in [0.05, 0.1) is 0 Å². The standard InChI is InChI=1S/C11H16N2/c1-3-4-11(13)9-5-6-10(12)8(2)7-9/h3,5-7,11H,1,4,12-13H2,2H3. The molecule has 4 N–H and O–H groups in total. The van der Waals surface area contributed by atoms with Crippen LogP contribution in [0.2, 0.25) is 0 Å². The Morgan fingerprint density at radius 1 is 1.54 bits per heavy atom. The molecule has 70 valence electrons. The van der Waals surface area contributed by atoms with E-state index in [0.29, 0.717) is 0 Å². The van der Waals surface area contributed by atoms with Crippen LogP contribution in [0.3, 0.4) is 0 Å². The maximum Gasteiger partial charge on any atom is 0.0343 e. The number of anilines is 1. The Bertz CT molecular complexity index is 305. The molecule has 1 atom stereocenters. The predicted molar refractivity (Wildman–Crippen MR) is 57.3 cm³/mol. The molecule has 0 heterocycles. The Hall–Kier alpha value is -1.28. The first-order valence-electron chi connectivity index (χ1n) is 4.37. The monoisotopic (exact) mass is 176 g/mol. The fourth-order valence-corrected chi connectivity index (χ4v) is 1.25. The summed E-state index contributed by atoms with van der Waals surface area (Å²) in [5.74, 6) is 0. The summed E-state index contributed by atoms with van der Waals surface area (Å²) in [6.45, 7) is 5.65. The highest BCUT2D eigenvalue weighted by atomic mass is 14.6. The van der Waals surface area contributed by atoms with Crippen molar-refractivity contribution in [3.8, 4) is 0 Å². The molecule has 1 rings (SSSR count). The highest BCUT2D eigenvalue weighted by Gasteiger charge is 2.04. The van der Waals surface area contributed by atoms with Crippen LogP contribution in [0.5, 0.6) is 0 Å². The van der Waals surface area contributed by atoms with Gasteiger partial charge in [0.25, 0.3) is 0 Å². The van der Waals surface area contributed by atoms with E-state index in [1.807, 2.05) is 31.2 Å². The average molecular weight is 176 g/mol. The number of rotatable bonds is 3. The van der Waals surface area contributed by atoms with Crippen molar-refractivity contribution in [2.75, 3.05) is 5.73 Å². The molecule has 2 nitrogen and oxygen atoms in total. The lowest BCUT2D eigenvalue weighted by atomic mass is 10.0. The van der Waals surface area contributed by atoms with Gasteiger partial charge in [0, 0.05) is 11.7 Å². The van der Waals surface area contributed by atoms with E-state index in [1.54, 1.807) is 0 Å². The van der Waals surface area contributed by atoms with Gasteiger partial charge in [0.1, 0.15) is 0 Å². The van der Waals surface area contributed by atoms with Crippen LogP contribution in [0.1, 0.15) is 23.6 Å². The topological polar surface area (TPSA) is 52.0 Å². The fourth-order valence-electron chi connectivity index (χ4n) is 1.25. The Morgan fingerprint density at radius 3 is 2.77 bits per heavy atom. The molecule has 0 aromatic heterocycles. The van der Waals surface area contributed by atoms with Gasteiger partial charge in [-0.2, -0.15) is 0 Å². The molecule has 0 amide bonds. The Balaban J connectivity index is 2.89. The summed E-state index contributed by atoms with van der Waals surface area (Å²) in [6, 6.07) is 5.94. The van der Waals surface area contributed by atoms with Crippen molar-refractivity contribution in [1.82, 2.24) is 0 Å². The van der Waals surface area contributed by atoms with Crippen molar-refractivity contribution in [2.24, 2.45) is 5.73 Å². The Labute approximate surface area is 79.2 Å². The third-order valence-corrected chi connectivity index (χ3v) is 2.14. The van der Waals surface area contributed by atoms with E-state index < -0.39 is 0 Å². The summed E-state index contributed by atoms with van der Waals surface area (Å²) in [5.41, 5.74) is 14.6. The summed E-state index contributed by atoms with van der Waals surface area (Å²) < 4.78 is 0. The third kappa shape index (κ3) is 2.33. The minimum atomic E-state index is 0.0387. The van der Waals surface area contributed by atoms with Crippen LogP contribution < -0.4 is 11.5 Å². The molecular formula is C11H16N2. The maximum absolute atomic E-state index is 5.91. The van der Waals surface area contributed by atoms with E-state index in [2.05, 4.69) is 6.58 Å². The zero-order valence-electron chi connectivity index (χ0n) is 7.96. The molecule has 0 saturated carbocycles. The molecule has 13 heavy (non-hydrogen) atoms. The Morgan fingerprint density at radius 2 is 2.23 bits per heavy atom. The second kappa shape index (κ2) is 4.10. The summed E-state index contributed by atoms with van der Waals surface area (Å²) in [4.78, 5) is 0. The van der Waals surface area contributed by atoms with Gasteiger partial charge in [-0.05, 0) is 30.5 Å². The second-order valence-electron chi connectivity index (χ2n) is 3.25. The lowest BCUT2D eigenvalue weighted by molar-refractivity contribution is 0.741. The summed E-state index contributed by atoms with van der Waals surface area (Å²) >= 11 is 0. The van der Waals surface area contributed by atoms with E-state index in [-0.39, 0.29) is 6.04 Å². The normalized spacial score (nSPS) is 12.5. The zero-order chi connectivity index (χ0) is 9.84. The number of aryl methyl sites for hydroxylation is 1. The van der Waals surface area contributed by atoms with Gasteiger partial charge in [0.15, 0.2) is 0 Å². The first-order chi connectivity index (χ1) is 6.15. The van der Waals surface area contributed by atoms with E-state index in [4.69, 9.17) is 11.5 Å². The molecule has 0 aliphatic heterocycles. The Kier molecular flexibility index (Phi) is 3.09. The SMILES string of the molecule is C=CCC(N)c1ccc(N)c(C)c1. The highest BCUT2D eigenvalue weighted by Crippen LogP contribution is 2.19. The minimum absolute atomic E-state index is 0.0387. The van der Waals surface area contributed by atoms with Crippen LogP contribution in [0.25, 0.3) is 0 Å². The second-order valence-corrected chi connectivity index (χ2v) is 3.25. The smallest absolute Gasteiger partial charge is 0.0343 e. The minimum Gasteiger partial charge on any atom is -0.399 e. The first-order valence-corrected chi connectivity index (χ1v) is 4.37. The van der Waals surface area contributed by atoms with Crippen molar-refractivity contribution in [2.45, 2.75) is 19.4 Å². The van der Waals surface area contributed by atoms with Gasteiger partial charge >= 0.3 is 0 Å². The molecule has 1 unspecified atom stereocenters. The quantitative estimate of drug-likeness (QED) is 0.547.